The van der Waals surface area contributed by atoms with E-state index in [9.17, 15) is 19.2 Å². The summed E-state index contributed by atoms with van der Waals surface area (Å²) in [5, 5.41) is 2.56. The van der Waals surface area contributed by atoms with Crippen LogP contribution in [0.4, 0.5) is 0 Å². The Hall–Kier alpha value is -4.44. The second-order valence-corrected chi connectivity index (χ2v) is 8.60. The third kappa shape index (κ3) is 4.46. The minimum absolute atomic E-state index is 0.0798. The highest BCUT2D eigenvalue weighted by Crippen LogP contribution is 2.33. The van der Waals surface area contributed by atoms with Crippen molar-refractivity contribution < 1.29 is 33.4 Å². The number of hydrogen-bond acceptors (Lipinski definition) is 7. The van der Waals surface area contributed by atoms with E-state index in [1.807, 2.05) is 0 Å². The minimum Gasteiger partial charge on any atom is -0.454 e. The number of amides is 3. The molecule has 2 aliphatic heterocycles. The van der Waals surface area contributed by atoms with Gasteiger partial charge in [-0.15, -0.1) is 0 Å². The Morgan fingerprint density at radius 3 is 2.33 bits per heavy atom. The predicted molar refractivity (Wildman–Crippen MR) is 130 cm³/mol. The van der Waals surface area contributed by atoms with E-state index in [1.54, 1.807) is 54.6 Å². The summed E-state index contributed by atoms with van der Waals surface area (Å²) in [6.07, 6.45) is 1.40. The second kappa shape index (κ2) is 9.67. The van der Waals surface area contributed by atoms with Crippen LogP contribution in [0.3, 0.4) is 0 Å². The van der Waals surface area contributed by atoms with Crippen molar-refractivity contribution in [3.8, 4) is 11.5 Å². The summed E-state index contributed by atoms with van der Waals surface area (Å²) in [5.74, 6) is -1.60. The van der Waals surface area contributed by atoms with Crippen molar-refractivity contribution in [3.05, 3.63) is 99.2 Å². The van der Waals surface area contributed by atoms with Gasteiger partial charge in [-0.05, 0) is 64.0 Å². The molecule has 2 aliphatic rings. The summed E-state index contributed by atoms with van der Waals surface area (Å²) in [6, 6.07) is 18.0. The molecule has 2 heterocycles. The van der Waals surface area contributed by atoms with Crippen molar-refractivity contribution in [1.82, 2.24) is 10.2 Å². The molecular formula is C26H17BrN2O7. The van der Waals surface area contributed by atoms with E-state index in [0.717, 1.165) is 4.90 Å². The second-order valence-electron chi connectivity index (χ2n) is 7.75. The molecule has 9 nitrogen and oxygen atoms in total. The van der Waals surface area contributed by atoms with Crippen LogP contribution >= 0.6 is 15.9 Å². The lowest BCUT2D eigenvalue weighted by atomic mass is 10.1. The molecule has 3 aromatic carbocycles. The highest BCUT2D eigenvalue weighted by Gasteiger charge is 2.36. The summed E-state index contributed by atoms with van der Waals surface area (Å²) in [5.41, 5.74) is 1.08. The van der Waals surface area contributed by atoms with E-state index < -0.39 is 30.4 Å². The van der Waals surface area contributed by atoms with Gasteiger partial charge in [-0.25, -0.2) is 9.69 Å². The van der Waals surface area contributed by atoms with Crippen molar-refractivity contribution >= 4 is 45.7 Å². The number of esters is 1. The molecule has 5 rings (SSSR count). The minimum atomic E-state index is -0.940. The summed E-state index contributed by atoms with van der Waals surface area (Å²) < 4.78 is 16.5. The summed E-state index contributed by atoms with van der Waals surface area (Å²) in [6.45, 7) is -0.537. The summed E-state index contributed by atoms with van der Waals surface area (Å²) in [4.78, 5) is 52.0. The van der Waals surface area contributed by atoms with Crippen LogP contribution in [-0.4, -0.2) is 42.1 Å². The van der Waals surface area contributed by atoms with Crippen LogP contribution < -0.4 is 14.8 Å². The van der Waals surface area contributed by atoms with E-state index in [1.165, 1.54) is 18.2 Å². The van der Waals surface area contributed by atoms with Crippen LogP contribution in [0.2, 0.25) is 0 Å². The van der Waals surface area contributed by atoms with Crippen molar-refractivity contribution in [3.63, 3.8) is 0 Å². The Kier molecular flexibility index (Phi) is 6.26. The van der Waals surface area contributed by atoms with Gasteiger partial charge in [0.05, 0.1) is 16.7 Å². The zero-order chi connectivity index (χ0) is 25.2. The van der Waals surface area contributed by atoms with Gasteiger partial charge in [0.25, 0.3) is 17.7 Å². The van der Waals surface area contributed by atoms with Gasteiger partial charge in [0.1, 0.15) is 5.70 Å². The zero-order valence-corrected chi connectivity index (χ0v) is 20.1. The first-order valence-electron chi connectivity index (χ1n) is 10.7. The molecule has 10 heteroatoms. The van der Waals surface area contributed by atoms with Crippen molar-refractivity contribution in [2.24, 2.45) is 0 Å². The number of carbonyl (C=O) groups is 4. The maximum atomic E-state index is 13.1. The van der Waals surface area contributed by atoms with Crippen LogP contribution in [0.15, 0.2) is 76.9 Å². The molecule has 0 atom stereocenters. The summed E-state index contributed by atoms with van der Waals surface area (Å²) >= 11 is 3.32. The Bertz CT molecular complexity index is 1410. The topological polar surface area (TPSA) is 111 Å². The third-order valence-corrected chi connectivity index (χ3v) is 6.19. The number of nitrogens with one attached hydrogen (secondary N) is 1. The molecule has 36 heavy (non-hydrogen) atoms. The number of benzene rings is 3. The van der Waals surface area contributed by atoms with E-state index >= 15 is 0 Å². The average Bonchev–Trinajstić information content (AvgIpc) is 3.45. The number of rotatable bonds is 6. The fourth-order valence-electron chi connectivity index (χ4n) is 3.71. The molecule has 0 unspecified atom stereocenters. The monoisotopic (exact) mass is 548 g/mol. The van der Waals surface area contributed by atoms with Crippen LogP contribution in [0.1, 0.15) is 36.6 Å². The van der Waals surface area contributed by atoms with Crippen LogP contribution in [0.5, 0.6) is 11.5 Å². The molecule has 180 valence electrons. The molecule has 0 aromatic heterocycles. The van der Waals surface area contributed by atoms with Crippen LogP contribution in [0, 0.1) is 0 Å². The van der Waals surface area contributed by atoms with E-state index in [0.29, 0.717) is 27.1 Å². The maximum absolute atomic E-state index is 13.1. The number of halogens is 1. The molecule has 0 radical (unpaired) electrons. The highest BCUT2D eigenvalue weighted by atomic mass is 79.9. The Balaban J connectivity index is 1.38. The Morgan fingerprint density at radius 1 is 0.944 bits per heavy atom. The smallest absolute Gasteiger partial charge is 0.356 e. The van der Waals surface area contributed by atoms with Crippen molar-refractivity contribution in [2.45, 2.75) is 0 Å². The molecule has 3 amide bonds. The van der Waals surface area contributed by atoms with Gasteiger partial charge in [-0.1, -0.05) is 30.3 Å². The number of fused-ring (bicyclic) bond motifs is 2. The zero-order valence-electron chi connectivity index (χ0n) is 18.5. The van der Waals surface area contributed by atoms with Gasteiger partial charge in [-0.2, -0.15) is 0 Å². The third-order valence-electron chi connectivity index (χ3n) is 5.50. The SMILES string of the molecule is O=C(OCN1C(=O)c2ccccc2C1=O)/C(=C/c1ccc2c(c1)OCO2)NC(=O)c1ccccc1Br. The first-order valence-corrected chi connectivity index (χ1v) is 11.5. The molecule has 0 aliphatic carbocycles. The highest BCUT2D eigenvalue weighted by molar-refractivity contribution is 9.10. The van der Waals surface area contributed by atoms with Crippen LogP contribution in [-0.2, 0) is 9.53 Å². The van der Waals surface area contributed by atoms with E-state index in [4.69, 9.17) is 14.2 Å². The van der Waals surface area contributed by atoms with Crippen LogP contribution in [0.25, 0.3) is 6.08 Å². The fourth-order valence-corrected chi connectivity index (χ4v) is 4.17. The number of hydrogen-bond donors (Lipinski definition) is 1. The molecule has 0 saturated carbocycles. The lowest BCUT2D eigenvalue weighted by molar-refractivity contribution is -0.141. The molecule has 0 bridgehead atoms. The largest absolute Gasteiger partial charge is 0.454 e. The van der Waals surface area contributed by atoms with Gasteiger partial charge in [-0.3, -0.25) is 14.4 Å². The lowest BCUT2D eigenvalue weighted by Gasteiger charge is -2.16. The molecule has 0 spiro atoms. The Morgan fingerprint density at radius 2 is 1.61 bits per heavy atom. The maximum Gasteiger partial charge on any atom is 0.356 e. The molecule has 0 fully saturated rings. The quantitative estimate of drug-likeness (QED) is 0.283. The fraction of sp³-hybridized carbons (Fsp3) is 0.0769. The average molecular weight is 549 g/mol. The predicted octanol–water partition coefficient (Wildman–Crippen LogP) is 3.75. The summed E-state index contributed by atoms with van der Waals surface area (Å²) in [7, 11) is 0. The molecular weight excluding hydrogens is 532 g/mol. The first-order chi connectivity index (χ1) is 17.4. The van der Waals surface area contributed by atoms with Crippen molar-refractivity contribution in [2.75, 3.05) is 13.5 Å². The van der Waals surface area contributed by atoms with Gasteiger partial charge in [0, 0.05) is 4.47 Å². The molecule has 3 aromatic rings. The number of imide groups is 1. The first kappa shape index (κ1) is 23.3. The van der Waals surface area contributed by atoms with E-state index in [2.05, 4.69) is 21.2 Å². The van der Waals surface area contributed by atoms with Gasteiger partial charge >= 0.3 is 5.97 Å². The molecule has 1 N–H and O–H groups in total. The molecule has 0 saturated heterocycles. The number of nitrogens with zero attached hydrogens (tertiary/aromatic N) is 1. The normalized spacial score (nSPS) is 14.0. The Labute approximate surface area is 213 Å². The van der Waals surface area contributed by atoms with Gasteiger partial charge in [0.15, 0.2) is 18.2 Å². The van der Waals surface area contributed by atoms with Gasteiger partial charge < -0.3 is 19.5 Å². The van der Waals surface area contributed by atoms with Crippen molar-refractivity contribution in [1.29, 1.82) is 0 Å². The standard InChI is InChI=1S/C26H17BrN2O7/c27-19-8-4-3-7-18(19)23(30)28-20(11-15-9-10-21-22(12-15)36-14-35-21)26(33)34-13-29-24(31)16-5-1-2-6-17(16)25(29)32/h1-12H,13-14H2,(H,28,30)/b20-11-. The number of ether oxygens (including phenoxy) is 3. The number of carbonyl (C=O) groups excluding carboxylic acids is 4. The lowest BCUT2D eigenvalue weighted by Crippen LogP contribution is -2.35. The van der Waals surface area contributed by atoms with E-state index in [-0.39, 0.29) is 23.6 Å². The van der Waals surface area contributed by atoms with Gasteiger partial charge in [0.2, 0.25) is 6.79 Å².